The van der Waals surface area contributed by atoms with E-state index in [-0.39, 0.29) is 5.91 Å². The van der Waals surface area contributed by atoms with Gasteiger partial charge in [-0.15, -0.1) is 0 Å². The van der Waals surface area contributed by atoms with Crippen molar-refractivity contribution in [2.24, 2.45) is 5.92 Å². The lowest BCUT2D eigenvalue weighted by Gasteiger charge is -2.33. The van der Waals surface area contributed by atoms with Gasteiger partial charge in [-0.05, 0) is 30.9 Å². The summed E-state index contributed by atoms with van der Waals surface area (Å²) in [4.78, 5) is 30.5. The Labute approximate surface area is 157 Å². The highest BCUT2D eigenvalue weighted by Crippen LogP contribution is 2.26. The van der Waals surface area contributed by atoms with Crippen LogP contribution < -0.4 is 15.0 Å². The summed E-state index contributed by atoms with van der Waals surface area (Å²) >= 11 is 0. The van der Waals surface area contributed by atoms with E-state index in [1.54, 1.807) is 25.6 Å². The molecule has 1 amide bonds. The molecule has 4 heterocycles. The number of methoxy groups -OCH3 is 1. The number of H-pyrrole nitrogens is 1. The summed E-state index contributed by atoms with van der Waals surface area (Å²) in [7, 11) is 1.55. The minimum absolute atomic E-state index is 0.0996. The Morgan fingerprint density at radius 2 is 2.11 bits per heavy atom. The van der Waals surface area contributed by atoms with Crippen LogP contribution in [0, 0.1) is 5.92 Å². The van der Waals surface area contributed by atoms with E-state index in [9.17, 15) is 4.79 Å². The van der Waals surface area contributed by atoms with Gasteiger partial charge in [-0.1, -0.05) is 0 Å². The summed E-state index contributed by atoms with van der Waals surface area (Å²) in [5.41, 5.74) is 1.41. The van der Waals surface area contributed by atoms with Crippen LogP contribution in [0.25, 0.3) is 11.0 Å². The molecule has 0 atom stereocenters. The molecule has 0 bridgehead atoms. The third kappa shape index (κ3) is 3.69. The second-order valence-electron chi connectivity index (χ2n) is 6.67. The molecule has 0 radical (unpaired) electrons. The molecule has 2 N–H and O–H groups in total. The van der Waals surface area contributed by atoms with Crippen LogP contribution >= 0.6 is 0 Å². The Balaban J connectivity index is 1.30. The molecule has 0 aliphatic carbocycles. The molecule has 3 aromatic rings. The fourth-order valence-corrected chi connectivity index (χ4v) is 3.43. The van der Waals surface area contributed by atoms with Gasteiger partial charge >= 0.3 is 0 Å². The number of nitrogens with zero attached hydrogens (tertiary/aromatic N) is 4. The molecule has 8 nitrogen and oxygen atoms in total. The van der Waals surface area contributed by atoms with Crippen LogP contribution in [0.1, 0.15) is 23.2 Å². The smallest absolute Gasteiger partial charge is 0.252 e. The fourth-order valence-electron chi connectivity index (χ4n) is 3.43. The first-order chi connectivity index (χ1) is 13.2. The lowest BCUT2D eigenvalue weighted by Crippen LogP contribution is -2.39. The molecule has 1 aliphatic rings. The number of fused-ring (bicyclic) bond motifs is 1. The fraction of sp³-hybridized carbons (Fsp3) is 0.368. The van der Waals surface area contributed by atoms with E-state index >= 15 is 0 Å². The maximum absolute atomic E-state index is 12.3. The zero-order valence-corrected chi connectivity index (χ0v) is 15.2. The number of aromatic amines is 1. The molecular formula is C19H22N6O2. The summed E-state index contributed by atoms with van der Waals surface area (Å²) in [6, 6.07) is 5.43. The van der Waals surface area contributed by atoms with Crippen molar-refractivity contribution in [2.45, 2.75) is 12.8 Å². The van der Waals surface area contributed by atoms with Crippen LogP contribution in [0.5, 0.6) is 5.88 Å². The van der Waals surface area contributed by atoms with Crippen molar-refractivity contribution < 1.29 is 9.53 Å². The van der Waals surface area contributed by atoms with Crippen molar-refractivity contribution in [1.82, 2.24) is 25.3 Å². The van der Waals surface area contributed by atoms with E-state index in [1.165, 1.54) is 6.20 Å². The molecule has 8 heteroatoms. The maximum Gasteiger partial charge on any atom is 0.252 e. The average molecular weight is 366 g/mol. The van der Waals surface area contributed by atoms with Crippen LogP contribution in [0.4, 0.5) is 5.82 Å². The lowest BCUT2D eigenvalue weighted by molar-refractivity contribution is 0.0944. The van der Waals surface area contributed by atoms with Crippen molar-refractivity contribution in [2.75, 3.05) is 31.6 Å². The number of anilines is 1. The van der Waals surface area contributed by atoms with Gasteiger partial charge in [0.2, 0.25) is 5.88 Å². The van der Waals surface area contributed by atoms with E-state index < -0.39 is 0 Å². The normalized spacial score (nSPS) is 15.1. The van der Waals surface area contributed by atoms with Gasteiger partial charge in [-0.25, -0.2) is 15.0 Å². The summed E-state index contributed by atoms with van der Waals surface area (Å²) in [5, 5.41) is 4.07. The SMILES string of the molecule is COc1ccc(C(=O)NCC2CCN(c3ncnc4[nH]ccc34)CC2)cn1. The Morgan fingerprint density at radius 1 is 1.26 bits per heavy atom. The Morgan fingerprint density at radius 3 is 2.85 bits per heavy atom. The highest BCUT2D eigenvalue weighted by atomic mass is 16.5. The van der Waals surface area contributed by atoms with Gasteiger partial charge in [0.05, 0.1) is 18.1 Å². The molecule has 4 rings (SSSR count). The maximum atomic E-state index is 12.3. The second-order valence-corrected chi connectivity index (χ2v) is 6.67. The van der Waals surface area contributed by atoms with Crippen LogP contribution in [-0.2, 0) is 0 Å². The predicted octanol–water partition coefficient (Wildman–Crippen LogP) is 2.01. The van der Waals surface area contributed by atoms with Crippen LogP contribution in [0.3, 0.4) is 0 Å². The van der Waals surface area contributed by atoms with Gasteiger partial charge < -0.3 is 19.9 Å². The quantitative estimate of drug-likeness (QED) is 0.717. The van der Waals surface area contributed by atoms with Gasteiger partial charge in [0.15, 0.2) is 0 Å². The number of hydrogen-bond acceptors (Lipinski definition) is 6. The van der Waals surface area contributed by atoms with Crippen molar-refractivity contribution >= 4 is 22.8 Å². The predicted molar refractivity (Wildman–Crippen MR) is 102 cm³/mol. The third-order valence-electron chi connectivity index (χ3n) is 5.01. The van der Waals surface area contributed by atoms with Gasteiger partial charge in [0.1, 0.15) is 17.8 Å². The number of rotatable bonds is 5. The van der Waals surface area contributed by atoms with E-state index in [0.29, 0.717) is 23.9 Å². The minimum atomic E-state index is -0.0996. The van der Waals surface area contributed by atoms with E-state index in [2.05, 4.69) is 30.2 Å². The van der Waals surface area contributed by atoms with E-state index in [4.69, 9.17) is 4.74 Å². The first-order valence-electron chi connectivity index (χ1n) is 9.06. The van der Waals surface area contributed by atoms with Crippen molar-refractivity contribution in [3.63, 3.8) is 0 Å². The number of pyridine rings is 1. The number of aromatic nitrogens is 4. The summed E-state index contributed by atoms with van der Waals surface area (Å²) in [6.45, 7) is 2.51. The number of carbonyl (C=O) groups is 1. The van der Waals surface area contributed by atoms with Crippen LogP contribution in [-0.4, -0.2) is 52.6 Å². The summed E-state index contributed by atoms with van der Waals surface area (Å²) in [6.07, 6.45) is 7.05. The highest BCUT2D eigenvalue weighted by molar-refractivity contribution is 5.93. The number of hydrogen-bond donors (Lipinski definition) is 2. The Hall–Kier alpha value is -3.16. The molecule has 1 saturated heterocycles. The molecule has 0 unspecified atom stereocenters. The minimum Gasteiger partial charge on any atom is -0.481 e. The summed E-state index contributed by atoms with van der Waals surface area (Å²) in [5.74, 6) is 1.84. The molecule has 1 aliphatic heterocycles. The average Bonchev–Trinajstić information content (AvgIpc) is 3.21. The zero-order valence-electron chi connectivity index (χ0n) is 15.2. The monoisotopic (exact) mass is 366 g/mol. The van der Waals surface area contributed by atoms with E-state index in [0.717, 1.165) is 42.8 Å². The van der Waals surface area contributed by atoms with Gasteiger partial charge in [0.25, 0.3) is 5.91 Å². The summed E-state index contributed by atoms with van der Waals surface area (Å²) < 4.78 is 5.01. The third-order valence-corrected chi connectivity index (χ3v) is 5.01. The zero-order chi connectivity index (χ0) is 18.6. The molecule has 0 saturated carbocycles. The van der Waals surface area contributed by atoms with Crippen molar-refractivity contribution in [3.8, 4) is 5.88 Å². The molecule has 0 aromatic carbocycles. The number of carbonyl (C=O) groups excluding carboxylic acids is 1. The molecule has 3 aromatic heterocycles. The first-order valence-corrected chi connectivity index (χ1v) is 9.06. The topological polar surface area (TPSA) is 96.0 Å². The second kappa shape index (κ2) is 7.61. The Kier molecular flexibility index (Phi) is 4.86. The van der Waals surface area contributed by atoms with Gasteiger partial charge in [0, 0.05) is 38.1 Å². The molecule has 1 fully saturated rings. The molecular weight excluding hydrogens is 344 g/mol. The first kappa shape index (κ1) is 17.3. The molecule has 0 spiro atoms. The lowest BCUT2D eigenvalue weighted by atomic mass is 9.96. The van der Waals surface area contributed by atoms with E-state index in [1.807, 2.05) is 12.3 Å². The van der Waals surface area contributed by atoms with Crippen molar-refractivity contribution in [1.29, 1.82) is 0 Å². The van der Waals surface area contributed by atoms with Crippen molar-refractivity contribution in [3.05, 3.63) is 42.5 Å². The number of piperidine rings is 1. The number of ether oxygens (including phenoxy) is 1. The molecule has 27 heavy (non-hydrogen) atoms. The Bertz CT molecular complexity index is 915. The largest absolute Gasteiger partial charge is 0.481 e. The standard InChI is InChI=1S/C19H22N6O2/c1-27-16-3-2-14(11-21-16)19(26)22-10-13-5-8-25(9-6-13)18-15-4-7-20-17(15)23-12-24-18/h2-4,7,11-13H,5-6,8-10H2,1H3,(H,22,26)(H,20,23,24). The van der Waals surface area contributed by atoms with Gasteiger partial charge in [-0.3, -0.25) is 4.79 Å². The highest BCUT2D eigenvalue weighted by Gasteiger charge is 2.22. The number of nitrogens with one attached hydrogen (secondary N) is 2. The molecule has 140 valence electrons. The van der Waals surface area contributed by atoms with Crippen LogP contribution in [0.2, 0.25) is 0 Å². The number of amides is 1. The van der Waals surface area contributed by atoms with Crippen LogP contribution in [0.15, 0.2) is 36.9 Å². The van der Waals surface area contributed by atoms with Gasteiger partial charge in [-0.2, -0.15) is 0 Å².